The predicted octanol–water partition coefficient (Wildman–Crippen LogP) is 2.25. The van der Waals surface area contributed by atoms with Crippen LogP contribution in [0.4, 0.5) is 0 Å². The van der Waals surface area contributed by atoms with Gasteiger partial charge in [0.05, 0.1) is 0 Å². The molecular weight excluding hydrogens is 287 g/mol. The van der Waals surface area contributed by atoms with Gasteiger partial charge in [0.25, 0.3) is 0 Å². The first-order valence-corrected chi connectivity index (χ1v) is 7.06. The van der Waals surface area contributed by atoms with Gasteiger partial charge in [-0.15, -0.1) is 0 Å². The summed E-state index contributed by atoms with van der Waals surface area (Å²) < 4.78 is 0. The molecule has 2 unspecified atom stereocenters. The van der Waals surface area contributed by atoms with Gasteiger partial charge in [0.15, 0.2) is 0 Å². The number of amides is 1. The van der Waals surface area contributed by atoms with E-state index in [0.717, 1.165) is 12.8 Å². The number of carbonyl (C=O) groups excluding carboxylic acids is 1. The Bertz CT molecular complexity index is 523. The third-order valence-electron chi connectivity index (χ3n) is 3.73. The molecule has 2 saturated heterocycles. The fourth-order valence-electron chi connectivity index (χ4n) is 2.80. The van der Waals surface area contributed by atoms with Gasteiger partial charge in [-0.05, 0) is 36.6 Å². The molecule has 2 fully saturated rings. The molecule has 0 saturated carbocycles. The van der Waals surface area contributed by atoms with Crippen molar-refractivity contribution in [3.8, 4) is 0 Å². The van der Waals surface area contributed by atoms with Crippen molar-refractivity contribution in [2.45, 2.75) is 25.0 Å². The van der Waals surface area contributed by atoms with E-state index in [4.69, 9.17) is 23.2 Å². The Morgan fingerprint density at radius 1 is 1.21 bits per heavy atom. The summed E-state index contributed by atoms with van der Waals surface area (Å²) in [6.07, 6.45) is 1.09. The average Bonchev–Trinajstić information content (AvgIpc) is 2.66. The second-order valence-corrected chi connectivity index (χ2v) is 5.73. The Labute approximate surface area is 121 Å². The SMILES string of the molecule is O=C1C(c2cc(Cl)ccc2Cl)C(O)N2CCCCN12. The van der Waals surface area contributed by atoms with Gasteiger partial charge in [-0.3, -0.25) is 9.80 Å². The largest absolute Gasteiger partial charge is 0.375 e. The molecule has 3 rings (SSSR count). The van der Waals surface area contributed by atoms with E-state index in [0.29, 0.717) is 28.7 Å². The molecule has 2 heterocycles. The lowest BCUT2D eigenvalue weighted by molar-refractivity contribution is -0.148. The zero-order valence-electron chi connectivity index (χ0n) is 10.2. The molecular formula is C13H14Cl2N2O2. The summed E-state index contributed by atoms with van der Waals surface area (Å²) in [6, 6.07) is 4.99. The van der Waals surface area contributed by atoms with Crippen molar-refractivity contribution in [2.24, 2.45) is 0 Å². The maximum atomic E-state index is 12.4. The number of benzene rings is 1. The minimum Gasteiger partial charge on any atom is -0.375 e. The normalized spacial score (nSPS) is 27.7. The van der Waals surface area contributed by atoms with Crippen molar-refractivity contribution >= 4 is 29.1 Å². The van der Waals surface area contributed by atoms with Crippen LogP contribution in [0.5, 0.6) is 0 Å². The first-order valence-electron chi connectivity index (χ1n) is 6.30. The van der Waals surface area contributed by atoms with Gasteiger partial charge >= 0.3 is 0 Å². The molecule has 0 aliphatic carbocycles. The number of halogens is 2. The van der Waals surface area contributed by atoms with E-state index in [1.807, 2.05) is 0 Å². The molecule has 1 amide bonds. The van der Waals surface area contributed by atoms with E-state index >= 15 is 0 Å². The van der Waals surface area contributed by atoms with E-state index in [9.17, 15) is 9.90 Å². The van der Waals surface area contributed by atoms with Crippen LogP contribution in [-0.4, -0.2) is 40.3 Å². The van der Waals surface area contributed by atoms with Crippen LogP contribution in [0.3, 0.4) is 0 Å². The van der Waals surface area contributed by atoms with Crippen molar-refractivity contribution in [3.63, 3.8) is 0 Å². The summed E-state index contributed by atoms with van der Waals surface area (Å²) in [7, 11) is 0. The molecule has 2 aliphatic heterocycles. The zero-order valence-corrected chi connectivity index (χ0v) is 11.7. The lowest BCUT2D eigenvalue weighted by Gasteiger charge is -2.33. The zero-order chi connectivity index (χ0) is 13.6. The Balaban J connectivity index is 2.00. The summed E-state index contributed by atoms with van der Waals surface area (Å²) >= 11 is 12.1. The molecule has 1 aromatic carbocycles. The maximum absolute atomic E-state index is 12.4. The van der Waals surface area contributed by atoms with E-state index in [2.05, 4.69) is 0 Å². The first kappa shape index (κ1) is 13.2. The Morgan fingerprint density at radius 2 is 1.95 bits per heavy atom. The second kappa shape index (κ2) is 4.94. The van der Waals surface area contributed by atoms with Gasteiger partial charge in [0, 0.05) is 23.1 Å². The number of hydrazine groups is 1. The van der Waals surface area contributed by atoms with Gasteiger partial charge in [0.2, 0.25) is 5.91 Å². The van der Waals surface area contributed by atoms with Crippen LogP contribution < -0.4 is 0 Å². The van der Waals surface area contributed by atoms with Gasteiger partial charge < -0.3 is 5.11 Å². The number of carbonyl (C=O) groups is 1. The van der Waals surface area contributed by atoms with E-state index in [-0.39, 0.29) is 5.91 Å². The number of nitrogens with zero attached hydrogens (tertiary/aromatic N) is 2. The summed E-state index contributed by atoms with van der Waals surface area (Å²) in [6.45, 7) is 1.35. The Hall–Kier alpha value is -0.810. The van der Waals surface area contributed by atoms with Gasteiger partial charge in [-0.1, -0.05) is 23.2 Å². The number of hydrogen-bond acceptors (Lipinski definition) is 3. The summed E-state index contributed by atoms with van der Waals surface area (Å²) in [4.78, 5) is 12.4. The molecule has 2 aliphatic rings. The molecule has 0 radical (unpaired) electrons. The van der Waals surface area contributed by atoms with Crippen LogP contribution in [0.15, 0.2) is 18.2 Å². The molecule has 6 heteroatoms. The highest BCUT2D eigenvalue weighted by molar-refractivity contribution is 6.33. The van der Waals surface area contributed by atoms with Crippen molar-refractivity contribution in [1.29, 1.82) is 0 Å². The molecule has 1 aromatic rings. The van der Waals surface area contributed by atoms with Crippen LogP contribution in [-0.2, 0) is 4.79 Å². The number of aliphatic hydroxyl groups excluding tert-OH is 1. The number of rotatable bonds is 1. The molecule has 19 heavy (non-hydrogen) atoms. The predicted molar refractivity (Wildman–Crippen MR) is 72.9 cm³/mol. The van der Waals surface area contributed by atoms with Crippen molar-refractivity contribution in [2.75, 3.05) is 13.1 Å². The molecule has 0 bridgehead atoms. The van der Waals surface area contributed by atoms with Gasteiger partial charge in [0.1, 0.15) is 12.1 Å². The minimum atomic E-state index is -0.858. The van der Waals surface area contributed by atoms with E-state index in [1.54, 1.807) is 28.2 Å². The molecule has 1 N–H and O–H groups in total. The van der Waals surface area contributed by atoms with Gasteiger partial charge in [-0.2, -0.15) is 5.01 Å². The highest BCUT2D eigenvalue weighted by Crippen LogP contribution is 2.38. The number of hydrogen-bond donors (Lipinski definition) is 1. The standard InChI is InChI=1S/C13H14Cl2N2O2/c14-8-3-4-10(15)9(7-8)11-12(18)16-5-1-2-6-17(16)13(11)19/h3-4,7,11-12,18H,1-2,5-6H2. The third kappa shape index (κ3) is 2.13. The summed E-state index contributed by atoms with van der Waals surface area (Å²) in [5.41, 5.74) is 0.598. The minimum absolute atomic E-state index is 0.101. The van der Waals surface area contributed by atoms with Crippen molar-refractivity contribution < 1.29 is 9.90 Å². The van der Waals surface area contributed by atoms with Crippen molar-refractivity contribution in [3.05, 3.63) is 33.8 Å². The van der Waals surface area contributed by atoms with Crippen molar-refractivity contribution in [1.82, 2.24) is 10.0 Å². The molecule has 0 aromatic heterocycles. The van der Waals surface area contributed by atoms with Gasteiger partial charge in [-0.25, -0.2) is 0 Å². The highest BCUT2D eigenvalue weighted by atomic mass is 35.5. The Morgan fingerprint density at radius 3 is 2.68 bits per heavy atom. The van der Waals surface area contributed by atoms with Crippen LogP contribution in [0.2, 0.25) is 10.0 Å². The third-order valence-corrected chi connectivity index (χ3v) is 4.31. The van der Waals surface area contributed by atoms with Crippen LogP contribution >= 0.6 is 23.2 Å². The van der Waals surface area contributed by atoms with E-state index < -0.39 is 12.1 Å². The summed E-state index contributed by atoms with van der Waals surface area (Å²) in [5, 5.41) is 14.7. The van der Waals surface area contributed by atoms with E-state index in [1.165, 1.54) is 0 Å². The molecule has 4 nitrogen and oxygen atoms in total. The lowest BCUT2D eigenvalue weighted by atomic mass is 9.97. The molecule has 0 spiro atoms. The quantitative estimate of drug-likeness (QED) is 0.865. The fraction of sp³-hybridized carbons (Fsp3) is 0.462. The summed E-state index contributed by atoms with van der Waals surface area (Å²) in [5.74, 6) is -0.749. The second-order valence-electron chi connectivity index (χ2n) is 4.89. The van der Waals surface area contributed by atoms with Crippen LogP contribution in [0.25, 0.3) is 0 Å². The first-order chi connectivity index (χ1) is 9.09. The number of fused-ring (bicyclic) bond motifs is 1. The molecule has 2 atom stereocenters. The topological polar surface area (TPSA) is 43.8 Å². The fourth-order valence-corrected chi connectivity index (χ4v) is 3.22. The lowest BCUT2D eigenvalue weighted by Crippen LogP contribution is -2.46. The smallest absolute Gasteiger partial charge is 0.248 e. The average molecular weight is 301 g/mol. The maximum Gasteiger partial charge on any atom is 0.248 e. The highest BCUT2D eigenvalue weighted by Gasteiger charge is 2.47. The van der Waals surface area contributed by atoms with Crippen LogP contribution in [0.1, 0.15) is 24.3 Å². The van der Waals surface area contributed by atoms with Crippen LogP contribution in [0, 0.1) is 0 Å². The number of aliphatic hydroxyl groups is 1. The monoisotopic (exact) mass is 300 g/mol. The molecule has 102 valence electrons. The Kier molecular flexibility index (Phi) is 3.43.